The Kier molecular flexibility index (Phi) is 8.61. The number of fused-ring (bicyclic) bond motifs is 2. The average molecular weight is 526 g/mol. The molecule has 1 fully saturated rings. The van der Waals surface area contributed by atoms with E-state index in [0.717, 1.165) is 12.8 Å². The van der Waals surface area contributed by atoms with E-state index in [9.17, 15) is 0 Å². The molecule has 40 heavy (non-hydrogen) atoms. The van der Waals surface area contributed by atoms with Crippen LogP contribution < -0.4 is 10.7 Å². The zero-order chi connectivity index (χ0) is 27.1. The molecule has 6 rings (SSSR count). The summed E-state index contributed by atoms with van der Waals surface area (Å²) < 4.78 is 7.19. The van der Waals surface area contributed by atoms with E-state index in [4.69, 9.17) is 4.65 Å². The van der Waals surface area contributed by atoms with Crippen LogP contribution in [0, 0.1) is 5.92 Å². The molecule has 0 aromatic heterocycles. The lowest BCUT2D eigenvalue weighted by molar-refractivity contribution is 0.194. The van der Waals surface area contributed by atoms with Gasteiger partial charge in [0.25, 0.3) is 0 Å². The van der Waals surface area contributed by atoms with E-state index in [1.807, 2.05) is 0 Å². The molecule has 0 aliphatic heterocycles. The predicted octanol–water partition coefficient (Wildman–Crippen LogP) is 8.12. The number of hydrogen-bond donors (Lipinski definition) is 1. The summed E-state index contributed by atoms with van der Waals surface area (Å²) in [6.45, 7) is 2.36. The van der Waals surface area contributed by atoms with Gasteiger partial charge in [0, 0.05) is 0 Å². The lowest BCUT2D eigenvalue weighted by atomic mass is 9.70. The zero-order valence-corrected chi connectivity index (χ0v) is 23.6. The first-order chi connectivity index (χ1) is 19.7. The van der Waals surface area contributed by atoms with Gasteiger partial charge in [-0.2, -0.15) is 0 Å². The van der Waals surface area contributed by atoms with Crippen LogP contribution in [0.25, 0.3) is 21.5 Å². The molecular weight excluding hydrogens is 485 g/mol. The molecule has 5 aromatic carbocycles. The molecule has 0 heterocycles. The van der Waals surface area contributed by atoms with Gasteiger partial charge < -0.3 is 9.88 Å². The van der Waals surface area contributed by atoms with Gasteiger partial charge in [-0.1, -0.05) is 141 Å². The third-order valence-corrected chi connectivity index (χ3v) is 8.86. The molecule has 2 nitrogen and oxygen atoms in total. The Bertz CT molecular complexity index is 1440. The first-order valence-electron chi connectivity index (χ1n) is 15.1. The lowest BCUT2D eigenvalue weighted by Gasteiger charge is -2.32. The SMILES string of the molecule is CC(NB(OC(Cc1cccc2ccccc12)Cc1cccc2ccccc12)c1ccccc1)C1CCCCC1. The fraction of sp³-hybridized carbons (Fsp3) is 0.297. The third kappa shape index (κ3) is 6.32. The van der Waals surface area contributed by atoms with E-state index >= 15 is 0 Å². The first-order valence-corrected chi connectivity index (χ1v) is 15.1. The Morgan fingerprint density at radius 3 is 1.77 bits per heavy atom. The fourth-order valence-electron chi connectivity index (χ4n) is 6.64. The second kappa shape index (κ2) is 12.8. The van der Waals surface area contributed by atoms with Gasteiger partial charge in [0.2, 0.25) is 0 Å². The van der Waals surface area contributed by atoms with Crippen LogP contribution in [0.5, 0.6) is 0 Å². The fourth-order valence-corrected chi connectivity index (χ4v) is 6.64. The van der Waals surface area contributed by atoms with Gasteiger partial charge in [-0.05, 0) is 75.8 Å². The van der Waals surface area contributed by atoms with E-state index in [1.165, 1.54) is 70.2 Å². The topological polar surface area (TPSA) is 21.3 Å². The van der Waals surface area contributed by atoms with Gasteiger partial charge in [-0.3, -0.25) is 0 Å². The van der Waals surface area contributed by atoms with Gasteiger partial charge in [-0.25, -0.2) is 0 Å². The molecule has 1 atom stereocenters. The quantitative estimate of drug-likeness (QED) is 0.186. The van der Waals surface area contributed by atoms with Crippen LogP contribution in [0.2, 0.25) is 0 Å². The highest BCUT2D eigenvalue weighted by Gasteiger charge is 2.30. The van der Waals surface area contributed by atoms with Crippen molar-refractivity contribution < 1.29 is 4.65 Å². The van der Waals surface area contributed by atoms with E-state index in [0.29, 0.717) is 12.0 Å². The average Bonchev–Trinajstić information content (AvgIpc) is 3.02. The van der Waals surface area contributed by atoms with E-state index in [-0.39, 0.29) is 13.2 Å². The van der Waals surface area contributed by atoms with E-state index in [2.05, 4.69) is 127 Å². The smallest absolute Gasteiger partial charge is 0.414 e. The van der Waals surface area contributed by atoms with E-state index < -0.39 is 0 Å². The molecule has 5 aromatic rings. The Balaban J connectivity index is 1.34. The molecule has 0 radical (unpaired) electrons. The number of hydrogen-bond acceptors (Lipinski definition) is 2. The Hall–Kier alpha value is -3.40. The number of benzene rings is 5. The second-order valence-corrected chi connectivity index (χ2v) is 11.6. The molecule has 202 valence electrons. The molecule has 0 bridgehead atoms. The summed E-state index contributed by atoms with van der Waals surface area (Å²) in [5.41, 5.74) is 3.89. The molecule has 3 heteroatoms. The summed E-state index contributed by atoms with van der Waals surface area (Å²) in [4.78, 5) is 0. The highest BCUT2D eigenvalue weighted by molar-refractivity contribution is 6.65. The lowest BCUT2D eigenvalue weighted by Crippen LogP contribution is -2.55. The molecule has 0 saturated heterocycles. The van der Waals surface area contributed by atoms with Gasteiger partial charge in [0.05, 0.1) is 6.10 Å². The largest absolute Gasteiger partial charge is 0.416 e. The van der Waals surface area contributed by atoms with Crippen molar-refractivity contribution in [2.24, 2.45) is 5.92 Å². The minimum atomic E-state index is -0.159. The van der Waals surface area contributed by atoms with Crippen LogP contribution in [0.1, 0.15) is 50.2 Å². The Morgan fingerprint density at radius 1 is 0.650 bits per heavy atom. The molecule has 0 amide bonds. The van der Waals surface area contributed by atoms with Crippen molar-refractivity contribution in [1.29, 1.82) is 0 Å². The van der Waals surface area contributed by atoms with Crippen LogP contribution in [0.3, 0.4) is 0 Å². The van der Waals surface area contributed by atoms with Crippen molar-refractivity contribution in [2.45, 2.75) is 64.0 Å². The summed E-state index contributed by atoms with van der Waals surface area (Å²) >= 11 is 0. The maximum atomic E-state index is 7.19. The first kappa shape index (κ1) is 26.8. The number of nitrogens with one attached hydrogen (secondary N) is 1. The van der Waals surface area contributed by atoms with Crippen LogP contribution in [-0.4, -0.2) is 19.2 Å². The maximum absolute atomic E-state index is 7.19. The Morgan fingerprint density at radius 2 is 1.18 bits per heavy atom. The summed E-state index contributed by atoms with van der Waals surface area (Å²) in [5.74, 6) is 0.707. The van der Waals surface area contributed by atoms with Crippen molar-refractivity contribution >= 4 is 34.1 Å². The molecule has 1 saturated carbocycles. The van der Waals surface area contributed by atoms with Crippen molar-refractivity contribution in [3.63, 3.8) is 0 Å². The van der Waals surface area contributed by atoms with Crippen LogP contribution in [-0.2, 0) is 17.5 Å². The standard InChI is InChI=1S/C37H40BNO/c1-28(29-14-4-2-5-15-29)39-38(34-22-6-3-7-23-34)40-35(26-32-20-12-18-30-16-8-10-24-36(30)32)27-33-21-13-19-31-17-9-11-25-37(31)33/h3,6-13,16-25,28-29,35,39H,2,4-5,14-15,26-27H2,1H3. The molecule has 1 aliphatic rings. The van der Waals surface area contributed by atoms with Crippen LogP contribution >= 0.6 is 0 Å². The predicted molar refractivity (Wildman–Crippen MR) is 171 cm³/mol. The Labute approximate surface area is 239 Å². The minimum Gasteiger partial charge on any atom is -0.414 e. The van der Waals surface area contributed by atoms with Gasteiger partial charge in [0.1, 0.15) is 0 Å². The van der Waals surface area contributed by atoms with E-state index in [1.54, 1.807) is 0 Å². The zero-order valence-electron chi connectivity index (χ0n) is 23.6. The van der Waals surface area contributed by atoms with Gasteiger partial charge >= 0.3 is 7.05 Å². The van der Waals surface area contributed by atoms with Crippen molar-refractivity contribution in [2.75, 3.05) is 0 Å². The highest BCUT2D eigenvalue weighted by atomic mass is 16.5. The summed E-state index contributed by atoms with van der Waals surface area (Å²) in [6.07, 6.45) is 8.40. The summed E-state index contributed by atoms with van der Waals surface area (Å²) in [7, 11) is -0.159. The van der Waals surface area contributed by atoms with Crippen molar-refractivity contribution in [3.8, 4) is 0 Å². The highest BCUT2D eigenvalue weighted by Crippen LogP contribution is 2.28. The second-order valence-electron chi connectivity index (χ2n) is 11.6. The van der Waals surface area contributed by atoms with Crippen molar-refractivity contribution in [1.82, 2.24) is 5.23 Å². The molecule has 1 aliphatic carbocycles. The van der Waals surface area contributed by atoms with Crippen molar-refractivity contribution in [3.05, 3.63) is 126 Å². The minimum absolute atomic E-state index is 0.00729. The van der Waals surface area contributed by atoms with Crippen LogP contribution in [0.15, 0.2) is 115 Å². The van der Waals surface area contributed by atoms with Crippen LogP contribution in [0.4, 0.5) is 0 Å². The monoisotopic (exact) mass is 525 g/mol. The molecule has 1 N–H and O–H groups in total. The molecule has 0 spiro atoms. The maximum Gasteiger partial charge on any atom is 0.416 e. The van der Waals surface area contributed by atoms with Gasteiger partial charge in [0.15, 0.2) is 0 Å². The summed E-state index contributed by atoms with van der Waals surface area (Å²) in [6, 6.07) is 42.0. The van der Waals surface area contributed by atoms with Gasteiger partial charge in [-0.15, -0.1) is 0 Å². The molecular formula is C37H40BNO. The normalized spacial score (nSPS) is 15.1. The number of rotatable bonds is 10. The third-order valence-electron chi connectivity index (χ3n) is 8.86. The molecule has 1 unspecified atom stereocenters. The summed E-state index contributed by atoms with van der Waals surface area (Å²) in [5, 5.41) is 9.16.